The van der Waals surface area contributed by atoms with E-state index >= 15 is 0 Å². The molecular weight excluding hydrogens is 756 g/mol. The first-order valence-corrected chi connectivity index (χ1v) is 20.4. The average Bonchev–Trinajstić information content (AvgIpc) is 3.91. The Balaban J connectivity index is 0.000000784. The molecule has 0 saturated carbocycles. The predicted octanol–water partition coefficient (Wildman–Crippen LogP) is 5.20. The number of hydrogen-bond acceptors (Lipinski definition) is 11. The van der Waals surface area contributed by atoms with Crippen molar-refractivity contribution in [3.8, 4) is 11.5 Å². The molecule has 1 amide bonds. The molecule has 0 bridgehead atoms. The van der Waals surface area contributed by atoms with Crippen LogP contribution in [0.2, 0.25) is 0 Å². The highest BCUT2D eigenvalue weighted by molar-refractivity contribution is 7.30. The zero-order valence-electron chi connectivity index (χ0n) is 32.1. The summed E-state index contributed by atoms with van der Waals surface area (Å²) in [6, 6.07) is 29.4. The van der Waals surface area contributed by atoms with Crippen LogP contribution in [-0.4, -0.2) is 68.1 Å². The van der Waals surface area contributed by atoms with Crippen LogP contribution in [0.15, 0.2) is 113 Å². The summed E-state index contributed by atoms with van der Waals surface area (Å²) in [5.74, 6) is 0.995. The van der Waals surface area contributed by atoms with Gasteiger partial charge in [-0.15, -0.1) is 15.9 Å². The van der Waals surface area contributed by atoms with Crippen molar-refractivity contribution in [3.05, 3.63) is 141 Å². The van der Waals surface area contributed by atoms with Crippen molar-refractivity contribution in [2.45, 2.75) is 51.2 Å². The lowest BCUT2D eigenvalue weighted by molar-refractivity contribution is -0.894. The first-order chi connectivity index (χ1) is 27.1. The molecule has 0 radical (unpaired) electrons. The molecule has 2 aromatic heterocycles. The largest absolute Gasteiger partial charge is 0.566 e. The van der Waals surface area contributed by atoms with Gasteiger partial charge in [0, 0.05) is 12.6 Å². The Hall–Kier alpha value is -4.79. The normalized spacial score (nSPS) is 16.8. The van der Waals surface area contributed by atoms with Crippen LogP contribution < -0.4 is 30.3 Å². The van der Waals surface area contributed by atoms with Gasteiger partial charge in [-0.1, -0.05) is 60.7 Å². The molecule has 1 aliphatic heterocycles. The Morgan fingerprint density at radius 3 is 1.98 bits per heavy atom. The summed E-state index contributed by atoms with van der Waals surface area (Å²) in [4.78, 5) is 43.5. The third-order valence-corrected chi connectivity index (χ3v) is 11.0. The number of benzene rings is 3. The summed E-state index contributed by atoms with van der Waals surface area (Å²) in [5, 5.41) is 4.38. The summed E-state index contributed by atoms with van der Waals surface area (Å²) >= 11 is 1.26. The fourth-order valence-corrected chi connectivity index (χ4v) is 7.62. The van der Waals surface area contributed by atoms with Crippen molar-refractivity contribution in [2.24, 2.45) is 0 Å². The first kappa shape index (κ1) is 42.4. The predicted molar refractivity (Wildman–Crippen MR) is 213 cm³/mol. The topological polar surface area (TPSA) is 155 Å². The molecule has 4 atom stereocenters. The molecule has 13 nitrogen and oxygen atoms in total. The summed E-state index contributed by atoms with van der Waals surface area (Å²) in [7, 11) is -0.0872. The van der Waals surface area contributed by atoms with E-state index in [0.717, 1.165) is 16.7 Å². The standard InChI is InChI=1S/C35H32N3O9PS.C6H15N/c1-43-26-14-10-24(11-15-26)35(23-7-4-3-5-8-23,25-12-16-27(44-2)17-13-25)45-22-29-28(47-48(41)42)21-32(46-29)38-19-18-31(37-34(38)40)36-33(39)30-9-6-20-49-30;1-4-7(5-2)6-3/h3-20,28-29,32H,21-22H2,1-2H3,(H,36,37,39,40);4-6H2,1-3H3/p+1/t28-,29+,32+;/m0./s1. The van der Waals surface area contributed by atoms with Crippen LogP contribution in [0.1, 0.15) is 59.8 Å². The maximum Gasteiger partial charge on any atom is 0.488 e. The summed E-state index contributed by atoms with van der Waals surface area (Å²) in [6.07, 6.45) is -1.36. The molecule has 2 N–H and O–H groups in total. The van der Waals surface area contributed by atoms with Crippen molar-refractivity contribution in [1.29, 1.82) is 0 Å². The summed E-state index contributed by atoms with van der Waals surface area (Å²) in [5.41, 5.74) is 0.440. The maximum absolute atomic E-state index is 13.1. The van der Waals surface area contributed by atoms with Gasteiger partial charge in [0.15, 0.2) is 0 Å². The maximum atomic E-state index is 13.1. The molecule has 5 aromatic rings. The second kappa shape index (κ2) is 20.4. The second-order valence-corrected chi connectivity index (χ2v) is 14.4. The van der Waals surface area contributed by atoms with Gasteiger partial charge in [-0.25, -0.2) is 4.79 Å². The number of nitrogens with one attached hydrogen (secondary N) is 2. The van der Waals surface area contributed by atoms with Gasteiger partial charge < -0.3 is 34.1 Å². The van der Waals surface area contributed by atoms with Crippen LogP contribution in [0.3, 0.4) is 0 Å². The van der Waals surface area contributed by atoms with E-state index in [1.54, 1.807) is 36.6 Å². The van der Waals surface area contributed by atoms with Crippen LogP contribution in [0.4, 0.5) is 5.82 Å². The molecule has 56 heavy (non-hydrogen) atoms. The minimum absolute atomic E-state index is 0.0171. The van der Waals surface area contributed by atoms with E-state index in [2.05, 4.69) is 31.1 Å². The Kier molecular flexibility index (Phi) is 15.4. The highest BCUT2D eigenvalue weighted by atomic mass is 32.1. The molecule has 3 aromatic carbocycles. The Bertz CT molecular complexity index is 1990. The van der Waals surface area contributed by atoms with Gasteiger partial charge in [-0.2, -0.15) is 4.98 Å². The lowest BCUT2D eigenvalue weighted by Crippen LogP contribution is -3.11. The number of anilines is 1. The molecule has 3 heterocycles. The fraction of sp³-hybridized carbons (Fsp3) is 0.341. The van der Waals surface area contributed by atoms with Gasteiger partial charge in [0.05, 0.1) is 45.3 Å². The van der Waals surface area contributed by atoms with Gasteiger partial charge >= 0.3 is 13.9 Å². The quantitative estimate of drug-likeness (QED) is 0.101. The zero-order valence-corrected chi connectivity index (χ0v) is 33.8. The van der Waals surface area contributed by atoms with Crippen LogP contribution in [-0.2, 0) is 24.2 Å². The number of rotatable bonds is 16. The molecule has 1 unspecified atom stereocenters. The molecule has 1 saturated heterocycles. The molecular formula is C41H48N4O9PS+. The van der Waals surface area contributed by atoms with Crippen molar-refractivity contribution >= 4 is 31.3 Å². The Morgan fingerprint density at radius 2 is 1.50 bits per heavy atom. The second-order valence-electron chi connectivity index (χ2n) is 12.8. The molecule has 15 heteroatoms. The molecule has 0 spiro atoms. The molecule has 1 aliphatic rings. The van der Waals surface area contributed by atoms with E-state index in [1.807, 2.05) is 78.9 Å². The van der Waals surface area contributed by atoms with Gasteiger partial charge in [-0.05, 0) is 83.8 Å². The van der Waals surface area contributed by atoms with E-state index in [1.165, 1.54) is 47.8 Å². The number of amides is 1. The number of nitrogens with zero attached hydrogens (tertiary/aromatic N) is 2. The van der Waals surface area contributed by atoms with Crippen molar-refractivity contribution < 1.29 is 42.6 Å². The van der Waals surface area contributed by atoms with Gasteiger partial charge in [0.2, 0.25) is 0 Å². The number of thiophene rings is 1. The molecule has 6 rings (SSSR count). The number of methoxy groups -OCH3 is 2. The zero-order chi connectivity index (χ0) is 40.1. The van der Waals surface area contributed by atoms with Gasteiger partial charge in [0.1, 0.15) is 41.4 Å². The number of carbonyl (C=O) groups is 1. The SMILES string of the molecule is CC[NH+](CC)CC.COc1ccc(C(OC[C@H]2O[C@@H](n3ccc(NC(=O)c4cccs4)nc3=O)C[C@@H]2O[P+](=O)[O-])(c2ccccc2)c2ccc(OC)cc2)cc1. The van der Waals surface area contributed by atoms with E-state index < -0.39 is 43.9 Å². The minimum Gasteiger partial charge on any atom is -0.566 e. The Labute approximate surface area is 331 Å². The smallest absolute Gasteiger partial charge is 0.488 e. The lowest BCUT2D eigenvalue weighted by Gasteiger charge is -2.37. The highest BCUT2D eigenvalue weighted by Gasteiger charge is 2.45. The van der Waals surface area contributed by atoms with Crippen molar-refractivity contribution in [3.63, 3.8) is 0 Å². The number of hydrogen-bond donors (Lipinski definition) is 2. The van der Waals surface area contributed by atoms with Crippen LogP contribution in [0, 0.1) is 0 Å². The fourth-order valence-electron chi connectivity index (χ4n) is 6.56. The number of carbonyl (C=O) groups excluding carboxylic acids is 1. The minimum atomic E-state index is -3.26. The molecule has 0 aliphatic carbocycles. The van der Waals surface area contributed by atoms with Crippen LogP contribution in [0.25, 0.3) is 0 Å². The van der Waals surface area contributed by atoms with Crippen LogP contribution in [0.5, 0.6) is 11.5 Å². The molecule has 296 valence electrons. The van der Waals surface area contributed by atoms with Crippen LogP contribution >= 0.6 is 19.6 Å². The van der Waals surface area contributed by atoms with Crippen molar-refractivity contribution in [2.75, 3.05) is 45.8 Å². The Morgan fingerprint density at radius 1 is 0.911 bits per heavy atom. The third-order valence-electron chi connectivity index (χ3n) is 9.67. The van der Waals surface area contributed by atoms with E-state index in [-0.39, 0.29) is 18.8 Å². The first-order valence-electron chi connectivity index (χ1n) is 18.4. The van der Waals surface area contributed by atoms with Crippen molar-refractivity contribution in [1.82, 2.24) is 9.55 Å². The van der Waals surface area contributed by atoms with E-state index in [0.29, 0.717) is 16.4 Å². The summed E-state index contributed by atoms with van der Waals surface area (Å²) < 4.78 is 42.4. The lowest BCUT2D eigenvalue weighted by atomic mass is 9.80. The number of quaternary nitrogens is 1. The van der Waals surface area contributed by atoms with Gasteiger partial charge in [-0.3, -0.25) is 9.36 Å². The summed E-state index contributed by atoms with van der Waals surface area (Å²) in [6.45, 7) is 10.4. The number of ether oxygens (including phenoxy) is 4. The number of aromatic nitrogens is 2. The van der Waals surface area contributed by atoms with E-state index in [4.69, 9.17) is 23.5 Å². The monoisotopic (exact) mass is 803 g/mol. The molecule has 1 fully saturated rings. The average molecular weight is 804 g/mol. The highest BCUT2D eigenvalue weighted by Crippen LogP contribution is 2.43. The van der Waals surface area contributed by atoms with E-state index in [9.17, 15) is 19.0 Å². The third kappa shape index (κ3) is 10.3. The van der Waals surface area contributed by atoms with Gasteiger partial charge in [0.25, 0.3) is 5.91 Å².